The Bertz CT molecular complexity index is 442. The number of hydrogen-bond donors (Lipinski definition) is 1. The van der Waals surface area contributed by atoms with Gasteiger partial charge in [0.1, 0.15) is 5.82 Å². The van der Waals surface area contributed by atoms with E-state index in [1.165, 1.54) is 13.0 Å². The topological polar surface area (TPSA) is 63.6 Å². The zero-order valence-corrected chi connectivity index (χ0v) is 9.57. The SMILES string of the molecule is CCOC(=O)c1ccc(F)cc1C(C)C(=O)O. The summed E-state index contributed by atoms with van der Waals surface area (Å²) in [6, 6.07) is 3.39. The van der Waals surface area contributed by atoms with E-state index < -0.39 is 23.7 Å². The second kappa shape index (κ2) is 5.43. The molecule has 0 aromatic heterocycles. The van der Waals surface area contributed by atoms with Gasteiger partial charge >= 0.3 is 11.9 Å². The minimum absolute atomic E-state index is 0.0863. The van der Waals surface area contributed by atoms with Gasteiger partial charge in [-0.25, -0.2) is 9.18 Å². The van der Waals surface area contributed by atoms with Crippen LogP contribution >= 0.6 is 0 Å². The number of benzene rings is 1. The van der Waals surface area contributed by atoms with Gasteiger partial charge in [-0.05, 0) is 37.6 Å². The number of hydrogen-bond acceptors (Lipinski definition) is 3. The average Bonchev–Trinajstić information content (AvgIpc) is 2.28. The molecule has 0 bridgehead atoms. The summed E-state index contributed by atoms with van der Waals surface area (Å²) in [5.41, 5.74) is 0.208. The standard InChI is InChI=1S/C12H13FO4/c1-3-17-12(16)9-5-4-8(13)6-10(9)7(2)11(14)15/h4-7H,3H2,1-2H3,(H,14,15). The predicted molar refractivity (Wildman–Crippen MR) is 58.4 cm³/mol. The maximum absolute atomic E-state index is 13.1. The summed E-state index contributed by atoms with van der Waals surface area (Å²) in [6.45, 7) is 3.21. The van der Waals surface area contributed by atoms with Crippen LogP contribution in [0.3, 0.4) is 0 Å². The van der Waals surface area contributed by atoms with Crippen LogP contribution in [0.4, 0.5) is 4.39 Å². The van der Waals surface area contributed by atoms with E-state index in [0.29, 0.717) is 0 Å². The van der Waals surface area contributed by atoms with Gasteiger partial charge in [-0.15, -0.1) is 0 Å². The van der Waals surface area contributed by atoms with Crippen molar-refractivity contribution < 1.29 is 23.8 Å². The maximum atomic E-state index is 13.1. The number of esters is 1. The largest absolute Gasteiger partial charge is 0.481 e. The molecule has 0 aliphatic rings. The van der Waals surface area contributed by atoms with Crippen molar-refractivity contribution in [1.82, 2.24) is 0 Å². The van der Waals surface area contributed by atoms with E-state index in [0.717, 1.165) is 12.1 Å². The molecular weight excluding hydrogens is 227 g/mol. The van der Waals surface area contributed by atoms with E-state index in [4.69, 9.17) is 9.84 Å². The van der Waals surface area contributed by atoms with Gasteiger partial charge < -0.3 is 9.84 Å². The summed E-state index contributed by atoms with van der Waals surface area (Å²) < 4.78 is 17.9. The molecule has 1 aromatic rings. The van der Waals surface area contributed by atoms with Gasteiger partial charge in [-0.2, -0.15) is 0 Å². The summed E-state index contributed by atoms with van der Waals surface area (Å²) in [7, 11) is 0. The normalized spacial score (nSPS) is 11.9. The van der Waals surface area contributed by atoms with Crippen LogP contribution in [0.1, 0.15) is 35.7 Å². The van der Waals surface area contributed by atoms with Crippen LogP contribution in [-0.2, 0) is 9.53 Å². The first-order valence-corrected chi connectivity index (χ1v) is 5.16. The monoisotopic (exact) mass is 240 g/mol. The molecule has 5 heteroatoms. The minimum Gasteiger partial charge on any atom is -0.481 e. The number of carbonyl (C=O) groups is 2. The minimum atomic E-state index is -1.12. The molecule has 0 spiro atoms. The van der Waals surface area contributed by atoms with E-state index in [-0.39, 0.29) is 17.7 Å². The van der Waals surface area contributed by atoms with Crippen LogP contribution in [0, 0.1) is 5.82 Å². The van der Waals surface area contributed by atoms with Gasteiger partial charge in [0.2, 0.25) is 0 Å². The quantitative estimate of drug-likeness (QED) is 0.819. The van der Waals surface area contributed by atoms with Crippen LogP contribution in [0.2, 0.25) is 0 Å². The number of rotatable bonds is 4. The van der Waals surface area contributed by atoms with Crippen molar-refractivity contribution in [3.8, 4) is 0 Å². The van der Waals surface area contributed by atoms with Gasteiger partial charge in [0.05, 0.1) is 18.1 Å². The van der Waals surface area contributed by atoms with E-state index in [2.05, 4.69) is 0 Å². The van der Waals surface area contributed by atoms with Crippen LogP contribution in [0.15, 0.2) is 18.2 Å². The Hall–Kier alpha value is -1.91. The molecule has 0 aliphatic carbocycles. The average molecular weight is 240 g/mol. The molecule has 1 N–H and O–H groups in total. The number of carboxylic acids is 1. The Kier molecular flexibility index (Phi) is 4.20. The molecule has 92 valence electrons. The molecule has 0 aliphatic heterocycles. The zero-order valence-electron chi connectivity index (χ0n) is 9.57. The van der Waals surface area contributed by atoms with Crippen molar-refractivity contribution in [1.29, 1.82) is 0 Å². The molecule has 17 heavy (non-hydrogen) atoms. The first kappa shape index (κ1) is 13.2. The Morgan fingerprint density at radius 2 is 2.12 bits per heavy atom. The van der Waals surface area contributed by atoms with E-state index in [1.54, 1.807) is 6.92 Å². The van der Waals surface area contributed by atoms with Crippen molar-refractivity contribution in [3.05, 3.63) is 35.1 Å². The predicted octanol–water partition coefficient (Wildman–Crippen LogP) is 2.19. The van der Waals surface area contributed by atoms with Crippen molar-refractivity contribution in [2.24, 2.45) is 0 Å². The van der Waals surface area contributed by atoms with E-state index in [9.17, 15) is 14.0 Å². The molecule has 1 aromatic carbocycles. The number of aliphatic carboxylic acids is 1. The molecule has 0 saturated carbocycles. The molecule has 0 amide bonds. The Labute approximate surface area is 98.0 Å². The van der Waals surface area contributed by atoms with Gasteiger partial charge in [0, 0.05) is 0 Å². The molecule has 1 unspecified atom stereocenters. The number of carbonyl (C=O) groups excluding carboxylic acids is 1. The van der Waals surface area contributed by atoms with Crippen molar-refractivity contribution in [2.45, 2.75) is 19.8 Å². The lowest BCUT2D eigenvalue weighted by molar-refractivity contribution is -0.138. The maximum Gasteiger partial charge on any atom is 0.338 e. The molecule has 0 radical (unpaired) electrons. The Balaban J connectivity index is 3.21. The fraction of sp³-hybridized carbons (Fsp3) is 0.333. The Morgan fingerprint density at radius 1 is 1.47 bits per heavy atom. The smallest absolute Gasteiger partial charge is 0.338 e. The summed E-state index contributed by atoms with van der Waals surface area (Å²) in [5.74, 6) is -3.32. The van der Waals surface area contributed by atoms with Crippen molar-refractivity contribution in [3.63, 3.8) is 0 Å². The second-order valence-electron chi connectivity index (χ2n) is 3.51. The van der Waals surface area contributed by atoms with Gasteiger partial charge in [-0.1, -0.05) is 0 Å². The summed E-state index contributed by atoms with van der Waals surface area (Å²) >= 11 is 0. The summed E-state index contributed by atoms with van der Waals surface area (Å²) in [5, 5.41) is 8.89. The van der Waals surface area contributed by atoms with E-state index >= 15 is 0 Å². The second-order valence-corrected chi connectivity index (χ2v) is 3.51. The first-order valence-electron chi connectivity index (χ1n) is 5.16. The molecule has 0 fully saturated rings. The lowest BCUT2D eigenvalue weighted by atomic mass is 9.95. The lowest BCUT2D eigenvalue weighted by Gasteiger charge is -2.12. The third-order valence-electron chi connectivity index (χ3n) is 2.35. The zero-order chi connectivity index (χ0) is 13.0. The van der Waals surface area contributed by atoms with Gasteiger partial charge in [0.25, 0.3) is 0 Å². The fourth-order valence-electron chi connectivity index (χ4n) is 1.42. The highest BCUT2D eigenvalue weighted by molar-refractivity contribution is 5.93. The van der Waals surface area contributed by atoms with Crippen molar-refractivity contribution in [2.75, 3.05) is 6.61 Å². The van der Waals surface area contributed by atoms with Crippen LogP contribution < -0.4 is 0 Å². The molecule has 1 rings (SSSR count). The van der Waals surface area contributed by atoms with Gasteiger partial charge in [0.15, 0.2) is 0 Å². The highest BCUT2D eigenvalue weighted by Crippen LogP contribution is 2.22. The van der Waals surface area contributed by atoms with Crippen LogP contribution in [0.5, 0.6) is 0 Å². The third-order valence-corrected chi connectivity index (χ3v) is 2.35. The number of ether oxygens (including phenoxy) is 1. The third kappa shape index (κ3) is 3.03. The first-order chi connectivity index (χ1) is 7.97. The molecule has 4 nitrogen and oxygen atoms in total. The Morgan fingerprint density at radius 3 is 2.65 bits per heavy atom. The van der Waals surface area contributed by atoms with Crippen molar-refractivity contribution >= 4 is 11.9 Å². The van der Waals surface area contributed by atoms with Gasteiger partial charge in [-0.3, -0.25) is 4.79 Å². The molecule has 0 heterocycles. The molecular formula is C12H13FO4. The highest BCUT2D eigenvalue weighted by Gasteiger charge is 2.22. The van der Waals surface area contributed by atoms with Crippen LogP contribution in [0.25, 0.3) is 0 Å². The summed E-state index contributed by atoms with van der Waals surface area (Å²) in [6.07, 6.45) is 0. The summed E-state index contributed by atoms with van der Waals surface area (Å²) in [4.78, 5) is 22.4. The molecule has 0 saturated heterocycles. The fourth-order valence-corrected chi connectivity index (χ4v) is 1.42. The van der Waals surface area contributed by atoms with Crippen LogP contribution in [-0.4, -0.2) is 23.7 Å². The number of halogens is 1. The number of carboxylic acid groups (broad SMARTS) is 1. The lowest BCUT2D eigenvalue weighted by Crippen LogP contribution is -2.15. The van der Waals surface area contributed by atoms with E-state index in [1.807, 2.05) is 0 Å². The molecule has 1 atom stereocenters. The highest BCUT2D eigenvalue weighted by atomic mass is 19.1.